The molecule has 0 spiro atoms. The van der Waals surface area contributed by atoms with Gasteiger partial charge in [0.25, 0.3) is 0 Å². The molecule has 1 rings (SSSR count). The van der Waals surface area contributed by atoms with Crippen molar-refractivity contribution in [2.75, 3.05) is 5.32 Å². The van der Waals surface area contributed by atoms with E-state index in [0.29, 0.717) is 6.42 Å². The fraction of sp³-hybridized carbons (Fsp3) is 0.500. The molecule has 0 aliphatic carbocycles. The van der Waals surface area contributed by atoms with Gasteiger partial charge < -0.3 is 10.4 Å². The Labute approximate surface area is 134 Å². The summed E-state index contributed by atoms with van der Waals surface area (Å²) in [6, 6.07) is 2.89. The van der Waals surface area contributed by atoms with Crippen LogP contribution in [0.5, 0.6) is 0 Å². The van der Waals surface area contributed by atoms with Gasteiger partial charge in [0.15, 0.2) is 0 Å². The fourth-order valence-corrected chi connectivity index (χ4v) is 2.46. The third-order valence-electron chi connectivity index (χ3n) is 3.91. The molecule has 1 aromatic carbocycles. The van der Waals surface area contributed by atoms with E-state index in [4.69, 9.17) is 5.11 Å². The van der Waals surface area contributed by atoms with Crippen molar-refractivity contribution < 1.29 is 19.6 Å². The summed E-state index contributed by atoms with van der Waals surface area (Å²) in [5.74, 6) is -1.56. The summed E-state index contributed by atoms with van der Waals surface area (Å²) < 4.78 is 0. The zero-order valence-electron chi connectivity index (χ0n) is 13.7. The fourth-order valence-electron chi connectivity index (χ4n) is 2.46. The average Bonchev–Trinajstić information content (AvgIpc) is 2.46. The lowest BCUT2D eigenvalue weighted by molar-refractivity contribution is -0.524. The monoisotopic (exact) mass is 322 g/mol. The Morgan fingerprint density at radius 2 is 1.91 bits per heavy atom. The highest BCUT2D eigenvalue weighted by atomic mass is 16.6. The van der Waals surface area contributed by atoms with E-state index in [1.165, 1.54) is 25.1 Å². The van der Waals surface area contributed by atoms with Crippen LogP contribution in [0.25, 0.3) is 0 Å². The minimum absolute atomic E-state index is 0.0304. The summed E-state index contributed by atoms with van der Waals surface area (Å²) in [5, 5.41) is 22.8. The molecular weight excluding hydrogens is 300 g/mol. The number of rotatable bonds is 7. The number of carboxylic acids is 1. The number of aromatic carboxylic acids is 1. The lowest BCUT2D eigenvalue weighted by atomic mass is 9.92. The van der Waals surface area contributed by atoms with Crippen LogP contribution >= 0.6 is 0 Å². The predicted molar refractivity (Wildman–Crippen MR) is 86.1 cm³/mol. The van der Waals surface area contributed by atoms with Crippen LogP contribution in [0.1, 0.15) is 56.1 Å². The molecule has 0 heterocycles. The van der Waals surface area contributed by atoms with Crippen LogP contribution in [-0.2, 0) is 4.79 Å². The number of carbonyl (C=O) groups is 2. The molecule has 0 saturated carbocycles. The molecular formula is C16H22N2O5. The number of nitrogens with zero attached hydrogens (tertiary/aromatic N) is 1. The van der Waals surface area contributed by atoms with Crippen molar-refractivity contribution in [2.45, 2.75) is 40.2 Å². The van der Waals surface area contributed by atoms with E-state index in [9.17, 15) is 19.7 Å². The van der Waals surface area contributed by atoms with Crippen LogP contribution in [0.2, 0.25) is 0 Å². The second kappa shape index (κ2) is 7.71. The SMILES string of the molecule is CCC(C(=O)Nc1cc(C(=O)O)ccc1C(C)[N+](=O)[O-])C(C)C. The van der Waals surface area contributed by atoms with Gasteiger partial charge in [-0.1, -0.05) is 20.8 Å². The zero-order valence-corrected chi connectivity index (χ0v) is 13.7. The first-order valence-electron chi connectivity index (χ1n) is 7.50. The third-order valence-corrected chi connectivity index (χ3v) is 3.91. The first-order valence-corrected chi connectivity index (χ1v) is 7.50. The van der Waals surface area contributed by atoms with E-state index in [2.05, 4.69) is 5.32 Å². The van der Waals surface area contributed by atoms with Gasteiger partial charge in [-0.2, -0.15) is 0 Å². The number of nitrogens with one attached hydrogen (secondary N) is 1. The first-order chi connectivity index (χ1) is 10.7. The first kappa shape index (κ1) is 18.6. The van der Waals surface area contributed by atoms with E-state index in [-0.39, 0.29) is 34.6 Å². The summed E-state index contributed by atoms with van der Waals surface area (Å²) in [6.45, 7) is 7.12. The molecule has 2 N–H and O–H groups in total. The summed E-state index contributed by atoms with van der Waals surface area (Å²) in [4.78, 5) is 34.0. The standard InChI is InChI=1S/C16H22N2O5/c1-5-12(9(2)3)15(19)17-14-8-11(16(20)21)6-7-13(14)10(4)18(22)23/h6-10,12H,5H2,1-4H3,(H,17,19)(H,20,21). The molecule has 2 atom stereocenters. The number of carbonyl (C=O) groups excluding carboxylic acids is 1. The number of carboxylic acid groups (broad SMARTS) is 1. The molecule has 7 nitrogen and oxygen atoms in total. The maximum Gasteiger partial charge on any atom is 0.335 e. The maximum atomic E-state index is 12.4. The number of benzene rings is 1. The molecule has 7 heteroatoms. The number of nitro groups is 1. The van der Waals surface area contributed by atoms with E-state index in [1.807, 2.05) is 20.8 Å². The van der Waals surface area contributed by atoms with Crippen LogP contribution in [-0.4, -0.2) is 21.9 Å². The van der Waals surface area contributed by atoms with Gasteiger partial charge >= 0.3 is 5.97 Å². The highest BCUT2D eigenvalue weighted by Crippen LogP contribution is 2.28. The van der Waals surface area contributed by atoms with Gasteiger partial charge in [-0.05, 0) is 30.5 Å². The van der Waals surface area contributed by atoms with Gasteiger partial charge in [0.05, 0.1) is 11.3 Å². The van der Waals surface area contributed by atoms with Gasteiger partial charge in [-0.3, -0.25) is 14.9 Å². The van der Waals surface area contributed by atoms with Crippen molar-refractivity contribution in [3.63, 3.8) is 0 Å². The van der Waals surface area contributed by atoms with Crippen LogP contribution in [0, 0.1) is 22.0 Å². The van der Waals surface area contributed by atoms with Gasteiger partial charge in [0.1, 0.15) is 0 Å². The Balaban J connectivity index is 3.24. The van der Waals surface area contributed by atoms with E-state index >= 15 is 0 Å². The molecule has 0 aliphatic rings. The third kappa shape index (κ3) is 4.51. The zero-order chi connectivity index (χ0) is 17.7. The van der Waals surface area contributed by atoms with E-state index in [1.54, 1.807) is 0 Å². The van der Waals surface area contributed by atoms with Crippen molar-refractivity contribution in [2.24, 2.45) is 11.8 Å². The molecule has 0 aromatic heterocycles. The maximum absolute atomic E-state index is 12.4. The lowest BCUT2D eigenvalue weighted by Gasteiger charge is -2.20. The Morgan fingerprint density at radius 1 is 1.30 bits per heavy atom. The summed E-state index contributed by atoms with van der Waals surface area (Å²) >= 11 is 0. The van der Waals surface area contributed by atoms with Crippen LogP contribution in [0.15, 0.2) is 18.2 Å². The number of hydrogen-bond donors (Lipinski definition) is 2. The van der Waals surface area contributed by atoms with Crippen LogP contribution < -0.4 is 5.32 Å². The lowest BCUT2D eigenvalue weighted by Crippen LogP contribution is -2.27. The second-order valence-electron chi connectivity index (χ2n) is 5.82. The quantitative estimate of drug-likeness (QED) is 0.591. The van der Waals surface area contributed by atoms with E-state index < -0.39 is 16.9 Å². The van der Waals surface area contributed by atoms with Gasteiger partial charge in [-0.15, -0.1) is 0 Å². The average molecular weight is 322 g/mol. The molecule has 0 bridgehead atoms. The van der Waals surface area contributed by atoms with Crippen molar-refractivity contribution in [3.05, 3.63) is 39.4 Å². The molecule has 23 heavy (non-hydrogen) atoms. The van der Waals surface area contributed by atoms with Crippen molar-refractivity contribution in [1.82, 2.24) is 0 Å². The Bertz CT molecular complexity index is 612. The van der Waals surface area contributed by atoms with Crippen molar-refractivity contribution >= 4 is 17.6 Å². The number of anilines is 1. The molecule has 2 unspecified atom stereocenters. The van der Waals surface area contributed by atoms with E-state index in [0.717, 1.165) is 0 Å². The molecule has 1 aromatic rings. The minimum Gasteiger partial charge on any atom is -0.478 e. The molecule has 126 valence electrons. The molecule has 0 fully saturated rings. The normalized spacial score (nSPS) is 13.4. The molecule has 1 amide bonds. The summed E-state index contributed by atoms with van der Waals surface area (Å²) in [7, 11) is 0. The summed E-state index contributed by atoms with van der Waals surface area (Å²) in [5.41, 5.74) is 0.433. The Morgan fingerprint density at radius 3 is 2.35 bits per heavy atom. The minimum atomic E-state index is -1.16. The smallest absolute Gasteiger partial charge is 0.335 e. The topological polar surface area (TPSA) is 110 Å². The summed E-state index contributed by atoms with van der Waals surface area (Å²) in [6.07, 6.45) is 0.627. The Kier molecular flexibility index (Phi) is 6.24. The predicted octanol–water partition coefficient (Wildman–Crippen LogP) is 3.34. The molecule has 0 radical (unpaired) electrons. The largest absolute Gasteiger partial charge is 0.478 e. The second-order valence-corrected chi connectivity index (χ2v) is 5.82. The van der Waals surface area contributed by atoms with Crippen molar-refractivity contribution in [3.8, 4) is 0 Å². The molecule has 0 saturated heterocycles. The van der Waals surface area contributed by atoms with Crippen LogP contribution in [0.3, 0.4) is 0 Å². The van der Waals surface area contributed by atoms with Gasteiger partial charge in [0, 0.05) is 23.3 Å². The Hall–Kier alpha value is -2.44. The van der Waals surface area contributed by atoms with Crippen LogP contribution in [0.4, 0.5) is 5.69 Å². The van der Waals surface area contributed by atoms with Gasteiger partial charge in [0.2, 0.25) is 11.9 Å². The molecule has 0 aliphatic heterocycles. The number of amides is 1. The van der Waals surface area contributed by atoms with Crippen molar-refractivity contribution in [1.29, 1.82) is 0 Å². The van der Waals surface area contributed by atoms with Gasteiger partial charge in [-0.25, -0.2) is 4.79 Å². The highest BCUT2D eigenvalue weighted by Gasteiger charge is 2.25. The highest BCUT2D eigenvalue weighted by molar-refractivity contribution is 5.96. The number of hydrogen-bond acceptors (Lipinski definition) is 4.